The summed E-state index contributed by atoms with van der Waals surface area (Å²) in [5.41, 5.74) is 2.27. The van der Waals surface area contributed by atoms with Crippen molar-refractivity contribution in [1.82, 2.24) is 9.62 Å². The Morgan fingerprint density at radius 3 is 2.37 bits per heavy atom. The lowest BCUT2D eigenvalue weighted by Gasteiger charge is -2.15. The normalized spacial score (nSPS) is 15.6. The Balaban J connectivity index is 1.85. The van der Waals surface area contributed by atoms with E-state index >= 15 is 0 Å². The molecular weight excluding hydrogens is 260 g/mol. The van der Waals surface area contributed by atoms with Crippen LogP contribution < -0.4 is 5.32 Å². The van der Waals surface area contributed by atoms with Crippen molar-refractivity contribution in [2.45, 2.75) is 32.9 Å². The van der Waals surface area contributed by atoms with Crippen LogP contribution in [0.25, 0.3) is 0 Å². The molecule has 2 rings (SSSR count). The fourth-order valence-electron chi connectivity index (χ4n) is 2.31. The number of sulfonamides is 1. The number of fused-ring (bicyclic) bond motifs is 1. The Morgan fingerprint density at radius 1 is 1.16 bits per heavy atom. The molecule has 0 saturated carbocycles. The Hall–Kier alpha value is -0.910. The lowest BCUT2D eigenvalue weighted by molar-refractivity contribution is 0.430. The second-order valence-electron chi connectivity index (χ2n) is 4.96. The number of benzene rings is 1. The minimum absolute atomic E-state index is 0.234. The predicted molar refractivity (Wildman–Crippen MR) is 77.3 cm³/mol. The Bertz CT molecular complexity index is 489. The largest absolute Gasteiger partial charge is 0.317 e. The minimum Gasteiger partial charge on any atom is -0.317 e. The number of hydrogen-bond acceptors (Lipinski definition) is 3. The van der Waals surface area contributed by atoms with Crippen molar-refractivity contribution in [2.75, 3.05) is 18.8 Å². The molecular formula is C14H22N2O2S. The summed E-state index contributed by atoms with van der Waals surface area (Å²) in [5.74, 6) is 0.234. The van der Waals surface area contributed by atoms with Crippen LogP contribution >= 0.6 is 0 Å². The summed E-state index contributed by atoms with van der Waals surface area (Å²) in [7, 11) is -3.12. The van der Waals surface area contributed by atoms with Crippen molar-refractivity contribution in [3.05, 3.63) is 35.4 Å². The summed E-state index contributed by atoms with van der Waals surface area (Å²) >= 11 is 0. The van der Waals surface area contributed by atoms with Crippen LogP contribution in [0.1, 0.15) is 30.9 Å². The van der Waals surface area contributed by atoms with Crippen molar-refractivity contribution in [3.8, 4) is 0 Å². The van der Waals surface area contributed by atoms with Crippen LogP contribution in [0.4, 0.5) is 0 Å². The predicted octanol–water partition coefficient (Wildman–Crippen LogP) is 1.72. The minimum atomic E-state index is -3.12. The lowest BCUT2D eigenvalue weighted by atomic mass is 10.1. The summed E-state index contributed by atoms with van der Waals surface area (Å²) in [6.45, 7) is 4.88. The molecule has 0 amide bonds. The van der Waals surface area contributed by atoms with E-state index in [1.54, 1.807) is 4.31 Å². The van der Waals surface area contributed by atoms with E-state index in [4.69, 9.17) is 0 Å². The monoisotopic (exact) mass is 282 g/mol. The molecule has 0 fully saturated rings. The lowest BCUT2D eigenvalue weighted by Crippen LogP contribution is -2.29. The molecule has 0 bridgehead atoms. The van der Waals surface area contributed by atoms with Gasteiger partial charge in [-0.05, 0) is 37.1 Å². The quantitative estimate of drug-likeness (QED) is 0.775. The summed E-state index contributed by atoms with van der Waals surface area (Å²) in [5, 5.41) is 3.23. The van der Waals surface area contributed by atoms with Crippen LogP contribution in [0.3, 0.4) is 0 Å². The van der Waals surface area contributed by atoms with Gasteiger partial charge in [0.05, 0.1) is 5.75 Å². The maximum Gasteiger partial charge on any atom is 0.214 e. The van der Waals surface area contributed by atoms with Gasteiger partial charge >= 0.3 is 0 Å². The van der Waals surface area contributed by atoms with Gasteiger partial charge in [0.25, 0.3) is 0 Å². The van der Waals surface area contributed by atoms with Crippen LogP contribution in [0.2, 0.25) is 0 Å². The molecule has 0 spiro atoms. The fourth-order valence-corrected chi connectivity index (χ4v) is 3.75. The van der Waals surface area contributed by atoms with E-state index in [-0.39, 0.29) is 5.75 Å². The number of hydrogen-bond donors (Lipinski definition) is 1. The molecule has 0 atom stereocenters. The van der Waals surface area contributed by atoms with Gasteiger partial charge < -0.3 is 5.32 Å². The highest BCUT2D eigenvalue weighted by atomic mass is 32.2. The summed E-state index contributed by atoms with van der Waals surface area (Å²) in [4.78, 5) is 0. The van der Waals surface area contributed by atoms with Crippen molar-refractivity contribution in [3.63, 3.8) is 0 Å². The molecule has 4 nitrogen and oxygen atoms in total. The smallest absolute Gasteiger partial charge is 0.214 e. The molecule has 1 aromatic rings. The Labute approximate surface area is 115 Å². The van der Waals surface area contributed by atoms with Gasteiger partial charge in [-0.25, -0.2) is 8.42 Å². The zero-order chi connectivity index (χ0) is 13.7. The molecule has 0 aromatic heterocycles. The zero-order valence-electron chi connectivity index (χ0n) is 11.4. The molecule has 0 radical (unpaired) electrons. The van der Waals surface area contributed by atoms with E-state index in [2.05, 4.69) is 12.2 Å². The highest BCUT2D eigenvalue weighted by molar-refractivity contribution is 7.89. The van der Waals surface area contributed by atoms with E-state index in [0.717, 1.165) is 30.6 Å². The van der Waals surface area contributed by atoms with Gasteiger partial charge in [-0.1, -0.05) is 31.2 Å². The third-order valence-electron chi connectivity index (χ3n) is 3.39. The first-order chi connectivity index (χ1) is 9.13. The molecule has 0 unspecified atom stereocenters. The first kappa shape index (κ1) is 14.5. The van der Waals surface area contributed by atoms with Crippen LogP contribution in [0.15, 0.2) is 24.3 Å². The van der Waals surface area contributed by atoms with Gasteiger partial charge in [-0.2, -0.15) is 4.31 Å². The molecule has 19 heavy (non-hydrogen) atoms. The highest BCUT2D eigenvalue weighted by Gasteiger charge is 2.28. The molecule has 5 heteroatoms. The van der Waals surface area contributed by atoms with Gasteiger partial charge in [-0.15, -0.1) is 0 Å². The van der Waals surface area contributed by atoms with E-state index in [9.17, 15) is 8.42 Å². The zero-order valence-corrected chi connectivity index (χ0v) is 12.2. The van der Waals surface area contributed by atoms with Gasteiger partial charge in [0, 0.05) is 13.1 Å². The second kappa shape index (κ2) is 6.50. The van der Waals surface area contributed by atoms with Crippen molar-refractivity contribution >= 4 is 10.0 Å². The Kier molecular flexibility index (Phi) is 4.96. The summed E-state index contributed by atoms with van der Waals surface area (Å²) < 4.78 is 26.1. The maximum atomic E-state index is 12.2. The summed E-state index contributed by atoms with van der Waals surface area (Å²) in [6.07, 6.45) is 1.75. The number of rotatable bonds is 7. The first-order valence-electron chi connectivity index (χ1n) is 6.89. The molecule has 1 aliphatic heterocycles. The van der Waals surface area contributed by atoms with Crippen LogP contribution in [0.5, 0.6) is 0 Å². The Morgan fingerprint density at radius 2 is 1.79 bits per heavy atom. The average molecular weight is 282 g/mol. The maximum absolute atomic E-state index is 12.2. The molecule has 106 valence electrons. The number of nitrogens with zero attached hydrogens (tertiary/aromatic N) is 1. The average Bonchev–Trinajstić information content (AvgIpc) is 2.83. The van der Waals surface area contributed by atoms with Gasteiger partial charge in [0.15, 0.2) is 0 Å². The third-order valence-corrected chi connectivity index (χ3v) is 5.24. The molecule has 0 saturated heterocycles. The molecule has 0 aliphatic carbocycles. The summed E-state index contributed by atoms with van der Waals surface area (Å²) in [6, 6.07) is 7.94. The van der Waals surface area contributed by atoms with Crippen LogP contribution in [-0.4, -0.2) is 31.6 Å². The molecule has 1 aliphatic rings. The third kappa shape index (κ3) is 3.78. The molecule has 1 aromatic carbocycles. The van der Waals surface area contributed by atoms with Crippen molar-refractivity contribution < 1.29 is 8.42 Å². The van der Waals surface area contributed by atoms with Crippen molar-refractivity contribution in [2.24, 2.45) is 0 Å². The fraction of sp³-hybridized carbons (Fsp3) is 0.571. The van der Waals surface area contributed by atoms with Crippen LogP contribution in [0, 0.1) is 0 Å². The van der Waals surface area contributed by atoms with E-state index < -0.39 is 10.0 Å². The SMILES string of the molecule is CCCNCCCS(=O)(=O)N1Cc2ccccc2C1. The topological polar surface area (TPSA) is 49.4 Å². The molecule has 1 heterocycles. The molecule has 1 N–H and O–H groups in total. The van der Waals surface area contributed by atoms with Crippen molar-refractivity contribution in [1.29, 1.82) is 0 Å². The number of nitrogens with one attached hydrogen (secondary N) is 1. The first-order valence-corrected chi connectivity index (χ1v) is 8.49. The van der Waals surface area contributed by atoms with Crippen LogP contribution in [-0.2, 0) is 23.1 Å². The van der Waals surface area contributed by atoms with Gasteiger partial charge in [0.2, 0.25) is 10.0 Å². The highest BCUT2D eigenvalue weighted by Crippen LogP contribution is 2.25. The van der Waals surface area contributed by atoms with E-state index in [1.807, 2.05) is 24.3 Å². The van der Waals surface area contributed by atoms with Gasteiger partial charge in [0.1, 0.15) is 0 Å². The van der Waals surface area contributed by atoms with E-state index in [0.29, 0.717) is 19.5 Å². The standard InChI is InChI=1S/C14H22N2O2S/c1-2-8-15-9-5-10-19(17,18)16-11-13-6-3-4-7-14(13)12-16/h3-4,6-7,15H,2,5,8-12H2,1H3. The second-order valence-corrected chi connectivity index (χ2v) is 7.04. The van der Waals surface area contributed by atoms with E-state index in [1.165, 1.54) is 0 Å². The van der Waals surface area contributed by atoms with Gasteiger partial charge in [-0.3, -0.25) is 0 Å².